The molecule has 0 saturated carbocycles. The van der Waals surface area contributed by atoms with Crippen molar-refractivity contribution < 1.29 is 4.84 Å². The predicted octanol–water partition coefficient (Wildman–Crippen LogP) is 3.71. The third-order valence-corrected chi connectivity index (χ3v) is 3.10. The van der Waals surface area contributed by atoms with Crippen LogP contribution in [-0.4, -0.2) is 0 Å². The molecule has 0 aliphatic carbocycles. The molecule has 0 heterocycles. The first kappa shape index (κ1) is 10.3. The average molecular weight is 222 g/mol. The van der Waals surface area contributed by atoms with Gasteiger partial charge in [0, 0.05) is 0 Å². The molecule has 2 heteroatoms. The van der Waals surface area contributed by atoms with E-state index in [1.807, 2.05) is 24.3 Å². The lowest BCUT2D eigenvalue weighted by molar-refractivity contribution is 0.106. The highest BCUT2D eigenvalue weighted by Gasteiger charge is 2.06. The second-order valence-electron chi connectivity index (χ2n) is 4.09. The molecule has 83 valence electrons. The van der Waals surface area contributed by atoms with E-state index in [0.29, 0.717) is 6.61 Å². The number of rotatable bonds is 2. The first-order valence-electron chi connectivity index (χ1n) is 5.58. The Morgan fingerprint density at radius 1 is 0.824 bits per heavy atom. The number of nitrogens with one attached hydrogen (secondary N) is 1. The first-order chi connectivity index (χ1) is 8.40. The Kier molecular flexibility index (Phi) is 2.52. The second kappa shape index (κ2) is 4.17. The van der Waals surface area contributed by atoms with Crippen LogP contribution < -0.4 is 5.90 Å². The summed E-state index contributed by atoms with van der Waals surface area (Å²) in [4.78, 5) is 4.59. The quantitative estimate of drug-likeness (QED) is 0.480. The average Bonchev–Trinajstić information content (AvgIpc) is 2.39. The van der Waals surface area contributed by atoms with Crippen LogP contribution in [0, 0.1) is 0 Å². The molecule has 0 spiro atoms. The molecule has 2 nitrogen and oxygen atoms in total. The molecule has 0 amide bonds. The fraction of sp³-hybridized carbons (Fsp3) is 0.0667. The molecule has 0 aliphatic heterocycles. The maximum absolute atomic E-state index is 6.99. The summed E-state index contributed by atoms with van der Waals surface area (Å²) in [5.41, 5.74) is 1.09. The SMILES string of the molecule is [NH]OCc1c2ccccc2cc2ccccc12. The molecule has 17 heavy (non-hydrogen) atoms. The molecule has 0 aromatic heterocycles. The third kappa shape index (κ3) is 1.68. The lowest BCUT2D eigenvalue weighted by Crippen LogP contribution is -1.93. The highest BCUT2D eigenvalue weighted by Crippen LogP contribution is 2.28. The molecule has 1 radical (unpaired) electrons. The minimum absolute atomic E-state index is 0.321. The van der Waals surface area contributed by atoms with Crippen molar-refractivity contribution >= 4 is 21.5 Å². The van der Waals surface area contributed by atoms with E-state index in [4.69, 9.17) is 5.90 Å². The summed E-state index contributed by atoms with van der Waals surface area (Å²) < 4.78 is 0. The van der Waals surface area contributed by atoms with Crippen LogP contribution in [0.1, 0.15) is 5.56 Å². The molecule has 3 rings (SSSR count). The largest absolute Gasteiger partial charge is 0.280 e. The molecule has 1 N–H and O–H groups in total. The Balaban J connectivity index is 2.47. The molecule has 0 aliphatic rings. The van der Waals surface area contributed by atoms with E-state index in [1.165, 1.54) is 21.5 Å². The number of fused-ring (bicyclic) bond motifs is 2. The molecule has 0 saturated heterocycles. The van der Waals surface area contributed by atoms with Gasteiger partial charge in [-0.15, -0.1) is 5.90 Å². The summed E-state index contributed by atoms with van der Waals surface area (Å²) in [5.74, 6) is 6.99. The van der Waals surface area contributed by atoms with E-state index in [-0.39, 0.29) is 0 Å². The Bertz CT molecular complexity index is 622. The Labute approximate surface area is 99.6 Å². The van der Waals surface area contributed by atoms with Crippen molar-refractivity contribution in [3.63, 3.8) is 0 Å². The van der Waals surface area contributed by atoms with E-state index in [1.54, 1.807) is 0 Å². The lowest BCUT2D eigenvalue weighted by Gasteiger charge is -2.09. The van der Waals surface area contributed by atoms with Gasteiger partial charge in [0.25, 0.3) is 0 Å². The fourth-order valence-electron chi connectivity index (χ4n) is 2.34. The van der Waals surface area contributed by atoms with E-state index < -0.39 is 0 Å². The monoisotopic (exact) mass is 222 g/mol. The molecule has 3 aromatic rings. The van der Waals surface area contributed by atoms with Gasteiger partial charge in [-0.1, -0.05) is 48.5 Å². The van der Waals surface area contributed by atoms with E-state index in [9.17, 15) is 0 Å². The number of hydrogen-bond donors (Lipinski definition) is 0. The summed E-state index contributed by atoms with van der Waals surface area (Å²) in [7, 11) is 0. The van der Waals surface area contributed by atoms with Crippen molar-refractivity contribution in [2.24, 2.45) is 0 Å². The van der Waals surface area contributed by atoms with Gasteiger partial charge in [-0.05, 0) is 33.2 Å². The molecule has 3 aromatic carbocycles. The summed E-state index contributed by atoms with van der Waals surface area (Å²) in [6, 6.07) is 18.6. The van der Waals surface area contributed by atoms with Crippen LogP contribution in [0.15, 0.2) is 54.6 Å². The van der Waals surface area contributed by atoms with Crippen molar-refractivity contribution in [3.05, 3.63) is 60.2 Å². The van der Waals surface area contributed by atoms with Crippen molar-refractivity contribution in [3.8, 4) is 0 Å². The maximum atomic E-state index is 6.99. The van der Waals surface area contributed by atoms with Crippen LogP contribution in [0.5, 0.6) is 0 Å². The van der Waals surface area contributed by atoms with Gasteiger partial charge in [0.2, 0.25) is 0 Å². The molecule has 0 unspecified atom stereocenters. The summed E-state index contributed by atoms with van der Waals surface area (Å²) >= 11 is 0. The molecular formula is C15H12NO. The van der Waals surface area contributed by atoms with Crippen LogP contribution in [0.4, 0.5) is 0 Å². The lowest BCUT2D eigenvalue weighted by atomic mass is 9.97. The van der Waals surface area contributed by atoms with Gasteiger partial charge < -0.3 is 0 Å². The van der Waals surface area contributed by atoms with Gasteiger partial charge >= 0.3 is 0 Å². The topological polar surface area (TPSA) is 33.0 Å². The van der Waals surface area contributed by atoms with Crippen LogP contribution >= 0.6 is 0 Å². The van der Waals surface area contributed by atoms with Crippen LogP contribution in [0.25, 0.3) is 21.5 Å². The minimum Gasteiger partial charge on any atom is -0.280 e. The summed E-state index contributed by atoms with van der Waals surface area (Å²) in [6.07, 6.45) is 0. The minimum atomic E-state index is 0.321. The number of benzene rings is 3. The van der Waals surface area contributed by atoms with Crippen molar-refractivity contribution in [2.75, 3.05) is 0 Å². The highest BCUT2D eigenvalue weighted by molar-refractivity contribution is 6.02. The standard InChI is InChI=1S/C15H12NO/c16-17-10-15-13-7-3-1-5-11(13)9-12-6-2-4-8-14(12)15/h1-9,16H,10H2. The zero-order valence-electron chi connectivity index (χ0n) is 9.31. The van der Waals surface area contributed by atoms with Crippen LogP contribution in [-0.2, 0) is 11.4 Å². The van der Waals surface area contributed by atoms with Crippen molar-refractivity contribution in [1.82, 2.24) is 5.90 Å². The van der Waals surface area contributed by atoms with Crippen LogP contribution in [0.3, 0.4) is 0 Å². The van der Waals surface area contributed by atoms with Crippen molar-refractivity contribution in [1.29, 1.82) is 0 Å². The van der Waals surface area contributed by atoms with E-state index in [0.717, 1.165) is 5.56 Å². The smallest absolute Gasteiger partial charge is 0.0962 e. The zero-order chi connectivity index (χ0) is 11.7. The Morgan fingerprint density at radius 2 is 1.35 bits per heavy atom. The Hall–Kier alpha value is -1.90. The fourth-order valence-corrected chi connectivity index (χ4v) is 2.34. The summed E-state index contributed by atoms with van der Waals surface area (Å²) in [6.45, 7) is 0.321. The van der Waals surface area contributed by atoms with Gasteiger partial charge in [0.15, 0.2) is 0 Å². The normalized spacial score (nSPS) is 11.1. The molecular weight excluding hydrogens is 210 g/mol. The Morgan fingerprint density at radius 3 is 1.88 bits per heavy atom. The summed E-state index contributed by atoms with van der Waals surface area (Å²) in [5, 5.41) is 4.72. The van der Waals surface area contributed by atoms with Gasteiger partial charge in [-0.3, -0.25) is 4.84 Å². The van der Waals surface area contributed by atoms with Crippen molar-refractivity contribution in [2.45, 2.75) is 6.61 Å². The third-order valence-electron chi connectivity index (χ3n) is 3.10. The zero-order valence-corrected chi connectivity index (χ0v) is 9.31. The first-order valence-corrected chi connectivity index (χ1v) is 5.58. The predicted molar refractivity (Wildman–Crippen MR) is 69.3 cm³/mol. The number of hydrogen-bond acceptors (Lipinski definition) is 1. The van der Waals surface area contributed by atoms with Crippen LogP contribution in [0.2, 0.25) is 0 Å². The maximum Gasteiger partial charge on any atom is 0.0962 e. The highest BCUT2D eigenvalue weighted by atomic mass is 16.6. The van der Waals surface area contributed by atoms with Gasteiger partial charge in [-0.2, -0.15) is 0 Å². The second-order valence-corrected chi connectivity index (χ2v) is 4.09. The van der Waals surface area contributed by atoms with Gasteiger partial charge in [0.1, 0.15) is 0 Å². The van der Waals surface area contributed by atoms with E-state index >= 15 is 0 Å². The molecule has 0 atom stereocenters. The molecule has 0 bridgehead atoms. The van der Waals surface area contributed by atoms with Gasteiger partial charge in [0.05, 0.1) is 6.61 Å². The molecule has 0 fully saturated rings. The van der Waals surface area contributed by atoms with E-state index in [2.05, 4.69) is 35.2 Å². The van der Waals surface area contributed by atoms with Gasteiger partial charge in [-0.25, -0.2) is 0 Å².